The summed E-state index contributed by atoms with van der Waals surface area (Å²) >= 11 is 0. The van der Waals surface area contributed by atoms with Gasteiger partial charge in [-0.1, -0.05) is 0 Å². The number of hydrogen-bond donors (Lipinski definition) is 3. The van der Waals surface area contributed by atoms with Gasteiger partial charge in [0.2, 0.25) is 0 Å². The fourth-order valence-corrected chi connectivity index (χ4v) is 1.59. The summed E-state index contributed by atoms with van der Waals surface area (Å²) in [5.74, 6) is -2.85. The Balaban J connectivity index is 0. The van der Waals surface area contributed by atoms with Crippen molar-refractivity contribution in [2.45, 2.75) is 40.2 Å². The summed E-state index contributed by atoms with van der Waals surface area (Å²) in [7, 11) is 0. The van der Waals surface area contributed by atoms with Crippen molar-refractivity contribution < 1.29 is 29.4 Å². The van der Waals surface area contributed by atoms with E-state index in [-0.39, 0.29) is 0 Å². The summed E-state index contributed by atoms with van der Waals surface area (Å²) in [4.78, 5) is 19.4. The third-order valence-corrected chi connectivity index (χ3v) is 3.34. The number of nitrogens with zero attached hydrogens (tertiary/aromatic N) is 1. The third kappa shape index (κ3) is 8.03. The zero-order valence-corrected chi connectivity index (χ0v) is 11.7. The number of aliphatic carboxylic acids is 2. The highest BCUT2D eigenvalue weighted by atomic mass is 16.4. The smallest absolute Gasteiger partial charge is 0.333 e. The Morgan fingerprint density at radius 3 is 1.33 bits per heavy atom. The van der Waals surface area contributed by atoms with Crippen LogP contribution in [0.15, 0.2) is 0 Å². The third-order valence-electron chi connectivity index (χ3n) is 3.34. The molecule has 0 aliphatic heterocycles. The van der Waals surface area contributed by atoms with Crippen LogP contribution in [-0.2, 0) is 9.59 Å². The first kappa shape index (κ1) is 19.2. The lowest BCUT2D eigenvalue weighted by Gasteiger charge is -2.34. The highest BCUT2D eigenvalue weighted by Gasteiger charge is 2.16. The molecule has 1 atom stereocenters. The topological polar surface area (TPSA) is 94.8 Å². The van der Waals surface area contributed by atoms with Crippen LogP contribution in [-0.4, -0.2) is 64.0 Å². The van der Waals surface area contributed by atoms with Crippen LogP contribution >= 0.6 is 0 Å². The Labute approximate surface area is 108 Å². The van der Waals surface area contributed by atoms with Gasteiger partial charge in [-0.25, -0.2) is 4.79 Å². The molecule has 0 aliphatic carbocycles. The number of quaternary nitrogens is 1. The Morgan fingerprint density at radius 1 is 0.944 bits per heavy atom. The normalized spacial score (nSPS) is 12.3. The molecule has 0 amide bonds. The van der Waals surface area contributed by atoms with Gasteiger partial charge >= 0.3 is 11.9 Å². The van der Waals surface area contributed by atoms with Crippen molar-refractivity contribution >= 4 is 11.9 Å². The second-order valence-corrected chi connectivity index (χ2v) is 4.06. The van der Waals surface area contributed by atoms with E-state index < -0.39 is 24.5 Å². The molecule has 1 unspecified atom stereocenters. The van der Waals surface area contributed by atoms with Gasteiger partial charge in [0.05, 0.1) is 32.6 Å². The van der Waals surface area contributed by atoms with E-state index >= 15 is 0 Å². The summed E-state index contributed by atoms with van der Waals surface area (Å²) in [6.45, 7) is 14.2. The molecule has 0 aromatic rings. The Bertz CT molecular complexity index is 233. The molecule has 0 heterocycles. The van der Waals surface area contributed by atoms with Crippen LogP contribution in [0.3, 0.4) is 0 Å². The Hall–Kier alpha value is -1.14. The number of carbonyl (C=O) groups is 2. The van der Waals surface area contributed by atoms with E-state index in [0.29, 0.717) is 0 Å². The molecule has 0 saturated carbocycles. The zero-order chi connectivity index (χ0) is 14.8. The van der Waals surface area contributed by atoms with Gasteiger partial charge in [0.1, 0.15) is 0 Å². The summed E-state index contributed by atoms with van der Waals surface area (Å²) < 4.78 is 1.28. The van der Waals surface area contributed by atoms with Crippen molar-refractivity contribution in [2.75, 3.05) is 26.2 Å². The Morgan fingerprint density at radius 2 is 1.28 bits per heavy atom. The number of carboxylic acid groups (broad SMARTS) is 2. The van der Waals surface area contributed by atoms with E-state index in [0.717, 1.165) is 0 Å². The second-order valence-electron chi connectivity index (χ2n) is 4.06. The van der Waals surface area contributed by atoms with Gasteiger partial charge < -0.3 is 19.8 Å². The first-order valence-corrected chi connectivity index (χ1v) is 6.26. The summed E-state index contributed by atoms with van der Waals surface area (Å²) in [6, 6.07) is 0. The fraction of sp³-hybridized carbons (Fsp3) is 0.833. The molecule has 6 heteroatoms. The minimum Gasteiger partial charge on any atom is -0.481 e. The molecule has 0 aromatic carbocycles. The van der Waals surface area contributed by atoms with Crippen molar-refractivity contribution in [3.63, 3.8) is 0 Å². The van der Waals surface area contributed by atoms with E-state index in [4.69, 9.17) is 15.3 Å². The van der Waals surface area contributed by atoms with Gasteiger partial charge in [0.15, 0.2) is 6.10 Å². The summed E-state index contributed by atoms with van der Waals surface area (Å²) in [6.07, 6.45) is -2.54. The number of aliphatic hydroxyl groups is 1. The first-order valence-electron chi connectivity index (χ1n) is 6.26. The van der Waals surface area contributed by atoms with Crippen LogP contribution in [0.2, 0.25) is 0 Å². The molecule has 0 spiro atoms. The van der Waals surface area contributed by atoms with Crippen molar-refractivity contribution in [1.82, 2.24) is 0 Å². The van der Waals surface area contributed by atoms with Gasteiger partial charge in [-0.2, -0.15) is 0 Å². The lowest BCUT2D eigenvalue weighted by molar-refractivity contribution is -0.921. The first-order chi connectivity index (χ1) is 8.28. The van der Waals surface area contributed by atoms with Crippen molar-refractivity contribution in [3.8, 4) is 0 Å². The molecule has 0 saturated heterocycles. The van der Waals surface area contributed by atoms with E-state index in [9.17, 15) is 9.59 Å². The molecule has 0 aromatic heterocycles. The lowest BCUT2D eigenvalue weighted by Crippen LogP contribution is -2.47. The number of rotatable bonds is 7. The van der Waals surface area contributed by atoms with E-state index in [1.807, 2.05) is 0 Å². The van der Waals surface area contributed by atoms with Gasteiger partial charge in [-0.3, -0.25) is 4.79 Å². The van der Waals surface area contributed by atoms with Crippen LogP contribution in [0.25, 0.3) is 0 Å². The molecule has 108 valence electrons. The highest BCUT2D eigenvalue weighted by Crippen LogP contribution is 2.03. The van der Waals surface area contributed by atoms with Crippen LogP contribution in [0.1, 0.15) is 34.1 Å². The fourth-order valence-electron chi connectivity index (χ4n) is 1.59. The largest absolute Gasteiger partial charge is 0.481 e. The second kappa shape index (κ2) is 9.85. The minimum atomic E-state index is -1.79. The predicted octanol–water partition coefficient (Wildman–Crippen LogP) is 0.789. The molecule has 0 aliphatic rings. The number of carboxylic acids is 2. The molecule has 18 heavy (non-hydrogen) atoms. The van der Waals surface area contributed by atoms with Crippen molar-refractivity contribution in [3.05, 3.63) is 0 Å². The maximum Gasteiger partial charge on any atom is 0.333 e. The average Bonchev–Trinajstić information content (AvgIpc) is 2.32. The van der Waals surface area contributed by atoms with E-state index in [1.165, 1.54) is 30.7 Å². The lowest BCUT2D eigenvalue weighted by atomic mass is 10.3. The van der Waals surface area contributed by atoms with E-state index in [1.54, 1.807) is 0 Å². The number of aliphatic hydroxyl groups excluding tert-OH is 1. The van der Waals surface area contributed by atoms with Crippen molar-refractivity contribution in [2.24, 2.45) is 0 Å². The monoisotopic (exact) mass is 264 g/mol. The standard InChI is InChI=1S/C8H20N.C4H6O5/c1-5-9(6-2,7-3)8-4;5-2(4(8)9)1-3(6)7/h5-8H2,1-4H3;2,5H,1H2,(H,6,7)(H,8,9)/q+1;. The average molecular weight is 264 g/mol. The summed E-state index contributed by atoms with van der Waals surface area (Å²) in [5, 5.41) is 24.1. The molecule has 0 rings (SSSR count). The summed E-state index contributed by atoms with van der Waals surface area (Å²) in [5.41, 5.74) is 0. The maximum absolute atomic E-state index is 9.72. The molecule has 6 nitrogen and oxygen atoms in total. The van der Waals surface area contributed by atoms with Crippen LogP contribution in [0.4, 0.5) is 0 Å². The van der Waals surface area contributed by atoms with Gasteiger partial charge in [-0.15, -0.1) is 0 Å². The molecule has 0 bridgehead atoms. The highest BCUT2D eigenvalue weighted by molar-refractivity contribution is 5.79. The van der Waals surface area contributed by atoms with Crippen LogP contribution in [0, 0.1) is 0 Å². The Kier molecular flexibility index (Phi) is 10.5. The van der Waals surface area contributed by atoms with Crippen molar-refractivity contribution in [1.29, 1.82) is 0 Å². The molecule has 3 N–H and O–H groups in total. The predicted molar refractivity (Wildman–Crippen MR) is 68.3 cm³/mol. The van der Waals surface area contributed by atoms with Gasteiger partial charge in [0.25, 0.3) is 0 Å². The van der Waals surface area contributed by atoms with Crippen LogP contribution in [0.5, 0.6) is 0 Å². The molecular formula is C12H26NO5+. The number of hydrogen-bond acceptors (Lipinski definition) is 3. The quantitative estimate of drug-likeness (QED) is 0.591. The minimum absolute atomic E-state index is 0.755. The SMILES string of the molecule is CC[N+](CC)(CC)CC.O=C(O)CC(O)C(=O)O. The molecule has 0 radical (unpaired) electrons. The molecular weight excluding hydrogens is 238 g/mol. The maximum atomic E-state index is 9.72. The van der Waals surface area contributed by atoms with E-state index in [2.05, 4.69) is 27.7 Å². The van der Waals surface area contributed by atoms with Crippen LogP contribution < -0.4 is 0 Å². The zero-order valence-electron chi connectivity index (χ0n) is 11.7. The molecule has 0 fully saturated rings. The van der Waals surface area contributed by atoms with Gasteiger partial charge in [-0.05, 0) is 27.7 Å². The van der Waals surface area contributed by atoms with Gasteiger partial charge in [0, 0.05) is 0 Å².